The lowest BCUT2D eigenvalue weighted by atomic mass is 10.0. The van der Waals surface area contributed by atoms with Gasteiger partial charge in [-0.3, -0.25) is 9.59 Å². The highest BCUT2D eigenvalue weighted by Crippen LogP contribution is 2.42. The van der Waals surface area contributed by atoms with Gasteiger partial charge in [-0.2, -0.15) is 0 Å². The first-order chi connectivity index (χ1) is 16.9. The van der Waals surface area contributed by atoms with Gasteiger partial charge in [0.25, 0.3) is 5.91 Å². The first-order valence-corrected chi connectivity index (χ1v) is 12.0. The molecule has 4 N–H and O–H groups in total. The molecule has 1 fully saturated rings. The Hall–Kier alpha value is -3.59. The number of aromatic hydroxyl groups is 1. The zero-order valence-corrected chi connectivity index (χ0v) is 21.3. The van der Waals surface area contributed by atoms with Crippen molar-refractivity contribution in [2.45, 2.75) is 64.8 Å². The number of amides is 3. The smallest absolute Gasteiger partial charge is 0.408 e. The molecule has 0 heterocycles. The van der Waals surface area contributed by atoms with E-state index in [0.717, 1.165) is 5.56 Å². The zero-order valence-electron chi connectivity index (χ0n) is 21.3. The third-order valence-corrected chi connectivity index (χ3v) is 6.01. The summed E-state index contributed by atoms with van der Waals surface area (Å²) in [5.74, 6) is -1.22. The zero-order chi connectivity index (χ0) is 26.6. The maximum atomic E-state index is 13.8. The molecule has 0 aliphatic heterocycles. The molecular formula is C27H35N3O6. The summed E-state index contributed by atoms with van der Waals surface area (Å²) < 4.78 is 5.25. The Bertz CT molecular complexity index is 1110. The quantitative estimate of drug-likeness (QED) is 0.442. The number of ether oxygens (including phenoxy) is 1. The number of hydrogen-bond acceptors (Lipinski definition) is 6. The number of phenols is 1. The monoisotopic (exact) mass is 497 g/mol. The molecular weight excluding hydrogens is 462 g/mol. The van der Waals surface area contributed by atoms with E-state index in [1.807, 2.05) is 26.0 Å². The van der Waals surface area contributed by atoms with Gasteiger partial charge in [0.15, 0.2) is 0 Å². The van der Waals surface area contributed by atoms with Crippen molar-refractivity contribution in [3.8, 4) is 5.75 Å². The minimum absolute atomic E-state index is 0.0921. The summed E-state index contributed by atoms with van der Waals surface area (Å²) in [7, 11) is 0. The van der Waals surface area contributed by atoms with Gasteiger partial charge in [0.2, 0.25) is 5.91 Å². The van der Waals surface area contributed by atoms with E-state index >= 15 is 0 Å². The molecule has 194 valence electrons. The number of hydrogen-bond donors (Lipinski definition) is 4. The number of carbonyl (C=O) groups excluding carboxylic acids is 3. The predicted octanol–water partition coefficient (Wildman–Crippen LogP) is 3.50. The van der Waals surface area contributed by atoms with E-state index in [1.54, 1.807) is 51.1 Å². The molecule has 2 aromatic rings. The number of aliphatic hydroxyl groups is 1. The Labute approximate surface area is 211 Å². The van der Waals surface area contributed by atoms with Gasteiger partial charge in [-0.15, -0.1) is 0 Å². The lowest BCUT2D eigenvalue weighted by Crippen LogP contribution is -2.54. The molecule has 4 unspecified atom stereocenters. The van der Waals surface area contributed by atoms with Crippen LogP contribution in [-0.4, -0.2) is 57.3 Å². The van der Waals surface area contributed by atoms with Crippen LogP contribution in [0.2, 0.25) is 0 Å². The van der Waals surface area contributed by atoms with Crippen molar-refractivity contribution < 1.29 is 29.3 Å². The molecule has 4 atom stereocenters. The van der Waals surface area contributed by atoms with E-state index < -0.39 is 42.2 Å². The van der Waals surface area contributed by atoms with E-state index in [2.05, 4.69) is 10.6 Å². The number of benzene rings is 2. The Balaban J connectivity index is 2.00. The third kappa shape index (κ3) is 6.54. The topological polar surface area (TPSA) is 128 Å². The third-order valence-electron chi connectivity index (χ3n) is 6.01. The van der Waals surface area contributed by atoms with Crippen molar-refractivity contribution in [2.75, 3.05) is 11.9 Å². The molecule has 2 aromatic carbocycles. The molecule has 3 amide bonds. The van der Waals surface area contributed by atoms with Gasteiger partial charge in [0, 0.05) is 17.3 Å². The Kier molecular flexibility index (Phi) is 8.24. The lowest BCUT2D eigenvalue weighted by Gasteiger charge is -2.35. The fourth-order valence-corrected chi connectivity index (χ4v) is 4.04. The molecule has 0 aromatic heterocycles. The van der Waals surface area contributed by atoms with Crippen LogP contribution in [0.3, 0.4) is 0 Å². The molecule has 9 nitrogen and oxygen atoms in total. The van der Waals surface area contributed by atoms with Crippen molar-refractivity contribution >= 4 is 23.6 Å². The molecule has 0 radical (unpaired) electrons. The summed E-state index contributed by atoms with van der Waals surface area (Å²) in [6, 6.07) is 10.7. The van der Waals surface area contributed by atoms with E-state index in [-0.39, 0.29) is 23.3 Å². The number of phenolic OH excluding ortho intramolecular Hbond substituents is 1. The van der Waals surface area contributed by atoms with Gasteiger partial charge in [-0.05, 0) is 57.7 Å². The van der Waals surface area contributed by atoms with Crippen LogP contribution in [0.4, 0.5) is 10.5 Å². The summed E-state index contributed by atoms with van der Waals surface area (Å²) in [6.07, 6.45) is -0.222. The second kappa shape index (κ2) is 11.0. The largest absolute Gasteiger partial charge is 0.508 e. The van der Waals surface area contributed by atoms with E-state index in [1.165, 1.54) is 11.0 Å². The van der Waals surface area contributed by atoms with Gasteiger partial charge in [-0.1, -0.05) is 43.3 Å². The molecule has 0 saturated heterocycles. The molecule has 36 heavy (non-hydrogen) atoms. The fourth-order valence-electron chi connectivity index (χ4n) is 4.04. The summed E-state index contributed by atoms with van der Waals surface area (Å²) in [5, 5.41) is 26.0. The lowest BCUT2D eigenvalue weighted by molar-refractivity contribution is -0.142. The maximum absolute atomic E-state index is 13.8. The van der Waals surface area contributed by atoms with Gasteiger partial charge < -0.3 is 30.5 Å². The molecule has 1 aliphatic rings. The molecule has 1 saturated carbocycles. The van der Waals surface area contributed by atoms with Crippen molar-refractivity contribution in [2.24, 2.45) is 5.92 Å². The number of anilines is 1. The Morgan fingerprint density at radius 1 is 1.11 bits per heavy atom. The number of para-hydroxylation sites is 2. The molecule has 0 bridgehead atoms. The first kappa shape index (κ1) is 27.0. The average molecular weight is 498 g/mol. The van der Waals surface area contributed by atoms with Gasteiger partial charge in [0.1, 0.15) is 23.4 Å². The molecule has 9 heteroatoms. The number of rotatable bonds is 8. The molecule has 3 rings (SSSR count). The van der Waals surface area contributed by atoms with Crippen molar-refractivity contribution in [1.82, 2.24) is 10.2 Å². The van der Waals surface area contributed by atoms with Gasteiger partial charge >= 0.3 is 6.09 Å². The van der Waals surface area contributed by atoms with Crippen LogP contribution >= 0.6 is 0 Å². The second-order valence-corrected chi connectivity index (χ2v) is 10.2. The highest BCUT2D eigenvalue weighted by molar-refractivity contribution is 6.00. The van der Waals surface area contributed by atoms with Crippen molar-refractivity contribution in [3.63, 3.8) is 0 Å². The predicted molar refractivity (Wildman–Crippen MR) is 135 cm³/mol. The minimum atomic E-state index is -1.34. The normalized spacial score (nSPS) is 18.5. The number of aryl methyl sites for hydroxylation is 1. The van der Waals surface area contributed by atoms with Crippen molar-refractivity contribution in [3.05, 3.63) is 59.7 Å². The van der Waals surface area contributed by atoms with E-state index in [0.29, 0.717) is 12.1 Å². The van der Waals surface area contributed by atoms with Crippen LogP contribution in [-0.2, 0) is 14.3 Å². The van der Waals surface area contributed by atoms with Crippen LogP contribution in [0, 0.1) is 12.8 Å². The number of carbonyl (C=O) groups is 3. The standard InChI is InChI=1S/C27H35N3O6/c1-16-10-6-8-12-19(16)28-24(33)23(18-11-7-9-13-22(18)32)30(21-14-17(21)2)25(34)20(15-31)29-26(35)36-27(3,4)5/h6-13,17,20-21,23,31-32H,14-15H2,1-5H3,(H,28,33)(H,29,35). The van der Waals surface area contributed by atoms with Crippen LogP contribution in [0.5, 0.6) is 5.75 Å². The number of nitrogens with one attached hydrogen (secondary N) is 2. The van der Waals surface area contributed by atoms with E-state index in [9.17, 15) is 24.6 Å². The maximum Gasteiger partial charge on any atom is 0.408 e. The summed E-state index contributed by atoms with van der Waals surface area (Å²) in [6.45, 7) is 8.16. The number of nitrogens with zero attached hydrogens (tertiary/aromatic N) is 1. The van der Waals surface area contributed by atoms with Gasteiger partial charge in [0.05, 0.1) is 6.61 Å². The molecule has 1 aliphatic carbocycles. The minimum Gasteiger partial charge on any atom is -0.508 e. The van der Waals surface area contributed by atoms with Crippen LogP contribution < -0.4 is 10.6 Å². The second-order valence-electron chi connectivity index (χ2n) is 10.2. The SMILES string of the molecule is Cc1ccccc1NC(=O)C(c1ccccc1O)N(C(=O)C(CO)NC(=O)OC(C)(C)C)C1CC1C. The summed E-state index contributed by atoms with van der Waals surface area (Å²) >= 11 is 0. The summed E-state index contributed by atoms with van der Waals surface area (Å²) in [5.41, 5.74) is 0.845. The van der Waals surface area contributed by atoms with Crippen molar-refractivity contribution in [1.29, 1.82) is 0 Å². The first-order valence-electron chi connectivity index (χ1n) is 12.0. The molecule has 0 spiro atoms. The summed E-state index contributed by atoms with van der Waals surface area (Å²) in [4.78, 5) is 41.3. The Morgan fingerprint density at radius 2 is 1.72 bits per heavy atom. The van der Waals surface area contributed by atoms with Crippen LogP contribution in [0.25, 0.3) is 0 Å². The van der Waals surface area contributed by atoms with Crippen LogP contribution in [0.15, 0.2) is 48.5 Å². The number of alkyl carbamates (subject to hydrolysis) is 1. The Morgan fingerprint density at radius 3 is 2.28 bits per heavy atom. The van der Waals surface area contributed by atoms with Gasteiger partial charge in [-0.25, -0.2) is 4.79 Å². The highest BCUT2D eigenvalue weighted by Gasteiger charge is 2.48. The fraction of sp³-hybridized carbons (Fsp3) is 0.444. The number of aliphatic hydroxyl groups excluding tert-OH is 1. The average Bonchev–Trinajstić information content (AvgIpc) is 3.52. The van der Waals surface area contributed by atoms with E-state index in [4.69, 9.17) is 4.74 Å². The highest BCUT2D eigenvalue weighted by atomic mass is 16.6. The van der Waals surface area contributed by atoms with Crippen LogP contribution in [0.1, 0.15) is 51.3 Å².